The predicted octanol–water partition coefficient (Wildman–Crippen LogP) is 1.15. The fourth-order valence-corrected chi connectivity index (χ4v) is 1.52. The van der Waals surface area contributed by atoms with Crippen molar-refractivity contribution < 1.29 is 12.6 Å². The molecule has 1 rings (SSSR count). The Kier molecular flexibility index (Phi) is 1.56. The molecule has 1 aliphatic rings. The molecular formula is C6H8O3S. The van der Waals surface area contributed by atoms with Crippen LogP contribution < -0.4 is 0 Å². The van der Waals surface area contributed by atoms with Gasteiger partial charge in [-0.05, 0) is 25.0 Å². The molecule has 0 radical (unpaired) electrons. The van der Waals surface area contributed by atoms with E-state index >= 15 is 0 Å². The fourth-order valence-electron chi connectivity index (χ4n) is 0.569. The Morgan fingerprint density at radius 2 is 1.90 bits per heavy atom. The topological polar surface area (TPSA) is 43.4 Å². The zero-order valence-electron chi connectivity index (χ0n) is 5.79. The zero-order chi connectivity index (χ0) is 7.78. The summed E-state index contributed by atoms with van der Waals surface area (Å²) < 4.78 is 25.7. The van der Waals surface area contributed by atoms with Crippen molar-refractivity contribution in [3.8, 4) is 0 Å². The van der Waals surface area contributed by atoms with Gasteiger partial charge in [0.05, 0.1) is 5.41 Å². The van der Waals surface area contributed by atoms with Gasteiger partial charge in [-0.2, -0.15) is 8.42 Å². The van der Waals surface area contributed by atoms with Gasteiger partial charge in [-0.1, -0.05) is 0 Å². The number of hydrogen-bond donors (Lipinski definition) is 0. The van der Waals surface area contributed by atoms with Crippen molar-refractivity contribution in [2.24, 2.45) is 0 Å². The van der Waals surface area contributed by atoms with Crippen LogP contribution in [-0.2, 0) is 14.3 Å². The summed E-state index contributed by atoms with van der Waals surface area (Å²) in [6.07, 6.45) is 1.24. The van der Waals surface area contributed by atoms with Crippen molar-refractivity contribution in [3.63, 3.8) is 0 Å². The molecule has 0 spiro atoms. The maximum Gasteiger partial charge on any atom is 0.331 e. The Bertz CT molecular complexity index is 295. The summed E-state index contributed by atoms with van der Waals surface area (Å²) in [6.45, 7) is 3.52. The van der Waals surface area contributed by atoms with Gasteiger partial charge in [0.1, 0.15) is 6.26 Å². The molecule has 0 unspecified atom stereocenters. The van der Waals surface area contributed by atoms with Crippen LogP contribution in [0.25, 0.3) is 0 Å². The van der Waals surface area contributed by atoms with Crippen molar-refractivity contribution in [1.82, 2.24) is 0 Å². The van der Waals surface area contributed by atoms with Crippen LogP contribution in [0.3, 0.4) is 0 Å². The Hall–Kier alpha value is -0.770. The summed E-state index contributed by atoms with van der Waals surface area (Å²) in [5.74, 6) is 0. The summed E-state index contributed by atoms with van der Waals surface area (Å²) in [5.41, 5.74) is 1.57. The van der Waals surface area contributed by atoms with Gasteiger partial charge >= 0.3 is 10.1 Å². The minimum atomic E-state index is -3.40. The second-order valence-electron chi connectivity index (χ2n) is 2.19. The Morgan fingerprint density at radius 3 is 2.30 bits per heavy atom. The van der Waals surface area contributed by atoms with E-state index in [1.807, 2.05) is 0 Å². The fraction of sp³-hybridized carbons (Fsp3) is 0.333. The molecule has 0 bridgehead atoms. The summed E-state index contributed by atoms with van der Waals surface area (Å²) in [5, 5.41) is 1.11. The van der Waals surface area contributed by atoms with Gasteiger partial charge in [0.15, 0.2) is 0 Å². The first-order valence-electron chi connectivity index (χ1n) is 2.80. The molecule has 10 heavy (non-hydrogen) atoms. The third-order valence-corrected chi connectivity index (χ3v) is 2.31. The monoisotopic (exact) mass is 160 g/mol. The largest absolute Gasteiger partial charge is 0.387 e. The van der Waals surface area contributed by atoms with Crippen molar-refractivity contribution in [3.05, 3.63) is 22.8 Å². The smallest absolute Gasteiger partial charge is 0.331 e. The lowest BCUT2D eigenvalue weighted by Gasteiger charge is -2.07. The Morgan fingerprint density at radius 1 is 1.30 bits per heavy atom. The second-order valence-corrected chi connectivity index (χ2v) is 3.60. The van der Waals surface area contributed by atoms with Crippen LogP contribution >= 0.6 is 0 Å². The summed E-state index contributed by atoms with van der Waals surface area (Å²) in [4.78, 5) is 0. The van der Waals surface area contributed by atoms with E-state index in [2.05, 4.69) is 4.18 Å². The minimum absolute atomic E-state index is 0.728. The van der Waals surface area contributed by atoms with Crippen LogP contribution in [0.5, 0.6) is 0 Å². The van der Waals surface area contributed by atoms with Crippen LogP contribution in [0.1, 0.15) is 13.8 Å². The van der Waals surface area contributed by atoms with Crippen LogP contribution in [-0.4, -0.2) is 8.42 Å². The molecular weight excluding hydrogens is 152 g/mol. The van der Waals surface area contributed by atoms with E-state index in [0.717, 1.165) is 16.6 Å². The number of allylic oxidation sites excluding steroid dienone is 2. The summed E-state index contributed by atoms with van der Waals surface area (Å²) in [7, 11) is -3.40. The van der Waals surface area contributed by atoms with E-state index in [-0.39, 0.29) is 0 Å². The first-order valence-corrected chi connectivity index (χ1v) is 4.27. The molecule has 1 aliphatic heterocycles. The van der Waals surface area contributed by atoms with E-state index in [9.17, 15) is 8.42 Å². The molecule has 56 valence electrons. The highest BCUT2D eigenvalue weighted by molar-refractivity contribution is 7.89. The SMILES string of the molecule is CC1=COS(=O)(=O)C=C1C. The first kappa shape index (κ1) is 7.34. The molecule has 0 aromatic carbocycles. The van der Waals surface area contributed by atoms with Crippen molar-refractivity contribution in [1.29, 1.82) is 0 Å². The van der Waals surface area contributed by atoms with Crippen LogP contribution in [0.2, 0.25) is 0 Å². The summed E-state index contributed by atoms with van der Waals surface area (Å²) >= 11 is 0. The van der Waals surface area contributed by atoms with Gasteiger partial charge in [0, 0.05) is 0 Å². The Labute approximate surface area is 60.1 Å². The van der Waals surface area contributed by atoms with Crippen molar-refractivity contribution >= 4 is 10.1 Å². The highest BCUT2D eigenvalue weighted by Crippen LogP contribution is 2.17. The lowest BCUT2D eigenvalue weighted by molar-refractivity contribution is 0.447. The van der Waals surface area contributed by atoms with Crippen LogP contribution in [0, 0.1) is 0 Å². The van der Waals surface area contributed by atoms with E-state index in [0.29, 0.717) is 0 Å². The molecule has 3 nitrogen and oxygen atoms in total. The van der Waals surface area contributed by atoms with Gasteiger partial charge in [0.2, 0.25) is 0 Å². The van der Waals surface area contributed by atoms with Crippen LogP contribution in [0.15, 0.2) is 22.8 Å². The molecule has 0 saturated heterocycles. The second kappa shape index (κ2) is 2.12. The molecule has 0 amide bonds. The standard InChI is InChI=1S/C6H8O3S/c1-5-3-9-10(7,8)4-6(5)2/h3-4H,1-2H3. The molecule has 0 aliphatic carbocycles. The minimum Gasteiger partial charge on any atom is -0.387 e. The maximum absolute atomic E-state index is 10.7. The molecule has 0 saturated carbocycles. The molecule has 0 fully saturated rings. The lowest BCUT2D eigenvalue weighted by Crippen LogP contribution is -2.03. The molecule has 0 N–H and O–H groups in total. The van der Waals surface area contributed by atoms with E-state index < -0.39 is 10.1 Å². The predicted molar refractivity (Wildman–Crippen MR) is 37.5 cm³/mol. The highest BCUT2D eigenvalue weighted by atomic mass is 32.2. The zero-order valence-corrected chi connectivity index (χ0v) is 6.60. The van der Waals surface area contributed by atoms with Gasteiger partial charge in [0.25, 0.3) is 0 Å². The van der Waals surface area contributed by atoms with Gasteiger partial charge in [-0.15, -0.1) is 0 Å². The normalized spacial score (nSPS) is 22.6. The molecule has 4 heteroatoms. The van der Waals surface area contributed by atoms with Crippen molar-refractivity contribution in [2.45, 2.75) is 13.8 Å². The van der Waals surface area contributed by atoms with E-state index in [1.165, 1.54) is 6.26 Å². The lowest BCUT2D eigenvalue weighted by atomic mass is 10.2. The quantitative estimate of drug-likeness (QED) is 0.499. The average molecular weight is 160 g/mol. The number of rotatable bonds is 0. The average Bonchev–Trinajstić information content (AvgIpc) is 1.79. The van der Waals surface area contributed by atoms with E-state index in [1.54, 1.807) is 13.8 Å². The first-order chi connectivity index (χ1) is 4.51. The molecule has 0 aromatic heterocycles. The third-order valence-electron chi connectivity index (χ3n) is 1.30. The van der Waals surface area contributed by atoms with Gasteiger partial charge < -0.3 is 4.18 Å². The van der Waals surface area contributed by atoms with Gasteiger partial charge in [-0.3, -0.25) is 0 Å². The highest BCUT2D eigenvalue weighted by Gasteiger charge is 2.12. The summed E-state index contributed by atoms with van der Waals surface area (Å²) in [6, 6.07) is 0. The Balaban J connectivity index is 3.10. The molecule has 1 heterocycles. The van der Waals surface area contributed by atoms with Crippen LogP contribution in [0.4, 0.5) is 0 Å². The van der Waals surface area contributed by atoms with Gasteiger partial charge in [-0.25, -0.2) is 0 Å². The third kappa shape index (κ3) is 1.39. The maximum atomic E-state index is 10.7. The molecule has 0 atom stereocenters. The van der Waals surface area contributed by atoms with E-state index in [4.69, 9.17) is 0 Å². The number of hydrogen-bond acceptors (Lipinski definition) is 3. The van der Waals surface area contributed by atoms with Crippen molar-refractivity contribution in [2.75, 3.05) is 0 Å². The molecule has 0 aromatic rings.